The molecule has 1 aliphatic rings. The van der Waals surface area contributed by atoms with E-state index in [0.717, 1.165) is 12.5 Å². The Balaban J connectivity index is 2.33. The van der Waals surface area contributed by atoms with Crippen molar-refractivity contribution in [1.82, 2.24) is 9.88 Å². The number of rotatable bonds is 2. The van der Waals surface area contributed by atoms with E-state index in [4.69, 9.17) is 5.26 Å². The van der Waals surface area contributed by atoms with E-state index in [1.807, 2.05) is 25.1 Å². The van der Waals surface area contributed by atoms with Gasteiger partial charge in [-0.25, -0.2) is 4.98 Å². The van der Waals surface area contributed by atoms with Crippen LogP contribution < -0.4 is 4.90 Å². The largest absolute Gasteiger partial charge is 0.433 e. The molecular formula is C13H15F3N4. The lowest BCUT2D eigenvalue weighted by Gasteiger charge is -2.22. The smallest absolute Gasteiger partial charge is 0.354 e. The molecule has 0 bridgehead atoms. The average Bonchev–Trinajstić information content (AvgIpc) is 2.86. The van der Waals surface area contributed by atoms with Crippen molar-refractivity contribution in [2.45, 2.75) is 18.6 Å². The molecule has 1 atom stereocenters. The number of halogens is 3. The van der Waals surface area contributed by atoms with Gasteiger partial charge in [-0.1, -0.05) is 0 Å². The van der Waals surface area contributed by atoms with Crippen LogP contribution in [0, 0.1) is 11.3 Å². The van der Waals surface area contributed by atoms with E-state index in [9.17, 15) is 13.2 Å². The number of nitriles is 1. The molecule has 4 nitrogen and oxygen atoms in total. The van der Waals surface area contributed by atoms with Crippen LogP contribution in [0.1, 0.15) is 17.7 Å². The standard InChI is InChI=1S/C13H15F3N4/c1-19(2)10-5-6-20(8-10)12-9(7-17)3-4-11(18-12)13(14,15)16/h3-4,10H,5-6,8H2,1-2H3/t10-/m0/s1. The summed E-state index contributed by atoms with van der Waals surface area (Å²) in [6.07, 6.45) is -3.65. The van der Waals surface area contributed by atoms with E-state index in [1.54, 1.807) is 4.90 Å². The highest BCUT2D eigenvalue weighted by atomic mass is 19.4. The zero-order valence-electron chi connectivity index (χ0n) is 11.3. The lowest BCUT2D eigenvalue weighted by atomic mass is 10.2. The number of pyridine rings is 1. The Bertz CT molecular complexity index is 533. The van der Waals surface area contributed by atoms with Crippen LogP contribution in [-0.4, -0.2) is 43.1 Å². The van der Waals surface area contributed by atoms with E-state index in [-0.39, 0.29) is 17.4 Å². The first-order valence-corrected chi connectivity index (χ1v) is 6.22. The van der Waals surface area contributed by atoms with E-state index in [2.05, 4.69) is 4.98 Å². The monoisotopic (exact) mass is 284 g/mol. The third kappa shape index (κ3) is 2.85. The summed E-state index contributed by atoms with van der Waals surface area (Å²) in [5.74, 6) is 0.131. The molecule has 0 amide bonds. The number of anilines is 1. The van der Waals surface area contributed by atoms with Crippen molar-refractivity contribution in [1.29, 1.82) is 5.26 Å². The van der Waals surface area contributed by atoms with Crippen LogP contribution >= 0.6 is 0 Å². The van der Waals surface area contributed by atoms with Crippen molar-refractivity contribution >= 4 is 5.82 Å². The van der Waals surface area contributed by atoms with Crippen molar-refractivity contribution in [3.63, 3.8) is 0 Å². The molecule has 2 heterocycles. The lowest BCUT2D eigenvalue weighted by molar-refractivity contribution is -0.141. The normalized spacial score (nSPS) is 19.4. The topological polar surface area (TPSA) is 43.2 Å². The van der Waals surface area contributed by atoms with Gasteiger partial charge in [0.05, 0.1) is 5.56 Å². The van der Waals surface area contributed by atoms with Gasteiger partial charge < -0.3 is 9.80 Å². The summed E-state index contributed by atoms with van der Waals surface area (Å²) in [4.78, 5) is 7.43. The minimum Gasteiger partial charge on any atom is -0.354 e. The van der Waals surface area contributed by atoms with Crippen molar-refractivity contribution in [2.75, 3.05) is 32.1 Å². The zero-order chi connectivity index (χ0) is 14.9. The van der Waals surface area contributed by atoms with Gasteiger partial charge in [-0.05, 0) is 32.6 Å². The number of nitrogens with zero attached hydrogens (tertiary/aromatic N) is 4. The fourth-order valence-electron chi connectivity index (χ4n) is 2.29. The molecule has 0 aliphatic carbocycles. The molecule has 0 unspecified atom stereocenters. The van der Waals surface area contributed by atoms with Crippen molar-refractivity contribution in [2.24, 2.45) is 0 Å². The van der Waals surface area contributed by atoms with Crippen molar-refractivity contribution in [3.8, 4) is 6.07 Å². The Labute approximate surface area is 115 Å². The molecule has 0 radical (unpaired) electrons. The van der Waals surface area contributed by atoms with Crippen LogP contribution in [0.5, 0.6) is 0 Å². The maximum Gasteiger partial charge on any atom is 0.433 e. The molecule has 0 spiro atoms. The van der Waals surface area contributed by atoms with Crippen molar-refractivity contribution < 1.29 is 13.2 Å². The molecule has 7 heteroatoms. The minimum absolute atomic E-state index is 0.131. The summed E-state index contributed by atoms with van der Waals surface area (Å²) in [6, 6.07) is 4.21. The number of aromatic nitrogens is 1. The third-order valence-electron chi connectivity index (χ3n) is 3.48. The molecule has 1 fully saturated rings. The summed E-state index contributed by atoms with van der Waals surface area (Å²) in [6.45, 7) is 1.18. The highest BCUT2D eigenvalue weighted by Crippen LogP contribution is 2.31. The second-order valence-electron chi connectivity index (χ2n) is 5.03. The van der Waals surface area contributed by atoms with Crippen LogP contribution in [0.3, 0.4) is 0 Å². The third-order valence-corrected chi connectivity index (χ3v) is 3.48. The van der Waals surface area contributed by atoms with Crippen LogP contribution in [0.25, 0.3) is 0 Å². The molecule has 108 valence electrons. The number of likely N-dealkylation sites (N-methyl/N-ethyl adjacent to an activating group) is 1. The summed E-state index contributed by atoms with van der Waals surface area (Å²) in [7, 11) is 3.86. The van der Waals surface area contributed by atoms with Gasteiger partial charge in [0.1, 0.15) is 17.6 Å². The van der Waals surface area contributed by atoms with Crippen molar-refractivity contribution in [3.05, 3.63) is 23.4 Å². The Morgan fingerprint density at radius 3 is 2.60 bits per heavy atom. The highest BCUT2D eigenvalue weighted by Gasteiger charge is 2.34. The highest BCUT2D eigenvalue weighted by molar-refractivity contribution is 5.55. The van der Waals surface area contributed by atoms with Gasteiger partial charge in [0.15, 0.2) is 0 Å². The van der Waals surface area contributed by atoms with Gasteiger partial charge in [-0.3, -0.25) is 0 Å². The molecule has 0 saturated carbocycles. The van der Waals surface area contributed by atoms with E-state index < -0.39 is 11.9 Å². The molecular weight excluding hydrogens is 269 g/mol. The molecule has 1 aliphatic heterocycles. The Kier molecular flexibility index (Phi) is 3.86. The van der Waals surface area contributed by atoms with Crippen LogP contribution in [-0.2, 0) is 6.18 Å². The summed E-state index contributed by atoms with van der Waals surface area (Å²) in [5, 5.41) is 9.04. The zero-order valence-corrected chi connectivity index (χ0v) is 11.3. The SMILES string of the molecule is CN(C)[C@H]1CCN(c2nc(C(F)(F)F)ccc2C#N)C1. The molecule has 0 N–H and O–H groups in total. The predicted molar refractivity (Wildman–Crippen MR) is 68.3 cm³/mol. The maximum absolute atomic E-state index is 12.7. The van der Waals surface area contributed by atoms with Crippen LogP contribution in [0.4, 0.5) is 19.0 Å². The van der Waals surface area contributed by atoms with Gasteiger partial charge in [0.2, 0.25) is 0 Å². The first-order chi connectivity index (χ1) is 9.32. The van der Waals surface area contributed by atoms with Gasteiger partial charge in [-0.2, -0.15) is 18.4 Å². The number of hydrogen-bond donors (Lipinski definition) is 0. The predicted octanol–water partition coefficient (Wildman–Crippen LogP) is 2.11. The quantitative estimate of drug-likeness (QED) is 0.834. The second kappa shape index (κ2) is 5.29. The molecule has 1 aromatic rings. The number of alkyl halides is 3. The Morgan fingerprint density at radius 1 is 1.40 bits per heavy atom. The molecule has 1 saturated heterocycles. The first kappa shape index (κ1) is 14.6. The fraction of sp³-hybridized carbons (Fsp3) is 0.538. The maximum atomic E-state index is 12.7. The molecule has 0 aromatic carbocycles. The van der Waals surface area contributed by atoms with Gasteiger partial charge in [0.25, 0.3) is 0 Å². The summed E-state index contributed by atoms with van der Waals surface area (Å²) in [5.41, 5.74) is -0.780. The van der Waals surface area contributed by atoms with Crippen LogP contribution in [0.2, 0.25) is 0 Å². The Morgan fingerprint density at radius 2 is 2.10 bits per heavy atom. The van der Waals surface area contributed by atoms with Gasteiger partial charge in [-0.15, -0.1) is 0 Å². The first-order valence-electron chi connectivity index (χ1n) is 6.22. The minimum atomic E-state index is -4.50. The van der Waals surface area contributed by atoms with Gasteiger partial charge in [0, 0.05) is 19.1 Å². The van der Waals surface area contributed by atoms with Gasteiger partial charge >= 0.3 is 6.18 Å². The van der Waals surface area contributed by atoms with Crippen LogP contribution in [0.15, 0.2) is 12.1 Å². The van der Waals surface area contributed by atoms with E-state index in [0.29, 0.717) is 13.1 Å². The summed E-state index contributed by atoms with van der Waals surface area (Å²) >= 11 is 0. The molecule has 2 rings (SSSR count). The molecule has 1 aromatic heterocycles. The van der Waals surface area contributed by atoms with E-state index in [1.165, 1.54) is 6.07 Å². The average molecular weight is 284 g/mol. The fourth-order valence-corrected chi connectivity index (χ4v) is 2.29. The Hall–Kier alpha value is -1.81. The lowest BCUT2D eigenvalue weighted by Crippen LogP contribution is -2.32. The number of hydrogen-bond acceptors (Lipinski definition) is 4. The second-order valence-corrected chi connectivity index (χ2v) is 5.03. The van der Waals surface area contributed by atoms with E-state index >= 15 is 0 Å². The molecule has 20 heavy (non-hydrogen) atoms. The summed E-state index contributed by atoms with van der Waals surface area (Å²) < 4.78 is 38.2.